The normalized spacial score (nSPS) is 11.8. The Kier molecular flexibility index (Phi) is 7.58. The molecule has 0 aliphatic heterocycles. The Bertz CT molecular complexity index is 798. The van der Waals surface area contributed by atoms with E-state index in [-0.39, 0.29) is 5.91 Å². The van der Waals surface area contributed by atoms with Crippen LogP contribution in [0.4, 0.5) is 4.79 Å². The molecular formula is C22H29N3O3. The number of likely N-dealkylation sites (N-methyl/N-ethyl adjacent to an activating group) is 1. The van der Waals surface area contributed by atoms with E-state index in [9.17, 15) is 9.59 Å². The Morgan fingerprint density at radius 1 is 1.07 bits per heavy atom. The van der Waals surface area contributed by atoms with Crippen LogP contribution in [0.2, 0.25) is 0 Å². The predicted molar refractivity (Wildman–Crippen MR) is 110 cm³/mol. The first kappa shape index (κ1) is 21.4. The number of carbonyl (C=O) groups excluding carboxylic acids is 2. The third-order valence-corrected chi connectivity index (χ3v) is 4.73. The van der Waals surface area contributed by atoms with Crippen LogP contribution in [-0.2, 0) is 17.9 Å². The third kappa shape index (κ3) is 5.82. The standard InChI is InChI=1S/C22H29N3O3/c1-15-11-19(12-16(2)20(15)28-5)14-25(4)17(3)21(26)24-22(27)23-13-18-9-7-6-8-10-18/h6-12,17H,13-14H2,1-5H3,(H2,23,24,26,27). The molecule has 0 fully saturated rings. The van der Waals surface area contributed by atoms with Crippen molar-refractivity contribution in [2.45, 2.75) is 39.9 Å². The van der Waals surface area contributed by atoms with Gasteiger partial charge in [-0.25, -0.2) is 4.79 Å². The van der Waals surface area contributed by atoms with E-state index in [1.165, 1.54) is 0 Å². The molecule has 2 aromatic carbocycles. The first-order valence-electron chi connectivity index (χ1n) is 9.28. The van der Waals surface area contributed by atoms with E-state index in [0.29, 0.717) is 13.1 Å². The largest absolute Gasteiger partial charge is 0.496 e. The van der Waals surface area contributed by atoms with Crippen LogP contribution >= 0.6 is 0 Å². The van der Waals surface area contributed by atoms with Gasteiger partial charge in [0.25, 0.3) is 0 Å². The minimum absolute atomic E-state index is 0.338. The van der Waals surface area contributed by atoms with Crippen molar-refractivity contribution in [2.75, 3.05) is 14.2 Å². The molecule has 2 N–H and O–H groups in total. The highest BCUT2D eigenvalue weighted by Gasteiger charge is 2.20. The second-order valence-electron chi connectivity index (χ2n) is 7.01. The number of nitrogens with zero attached hydrogens (tertiary/aromatic N) is 1. The maximum absolute atomic E-state index is 12.4. The summed E-state index contributed by atoms with van der Waals surface area (Å²) in [4.78, 5) is 26.3. The van der Waals surface area contributed by atoms with Gasteiger partial charge in [-0.15, -0.1) is 0 Å². The lowest BCUT2D eigenvalue weighted by molar-refractivity contribution is -0.124. The molecule has 150 valence electrons. The summed E-state index contributed by atoms with van der Waals surface area (Å²) in [5.74, 6) is 0.544. The van der Waals surface area contributed by atoms with E-state index in [1.54, 1.807) is 14.0 Å². The first-order valence-corrected chi connectivity index (χ1v) is 9.28. The summed E-state index contributed by atoms with van der Waals surface area (Å²) in [5.41, 5.74) is 4.18. The van der Waals surface area contributed by atoms with Gasteiger partial charge in [0.15, 0.2) is 0 Å². The van der Waals surface area contributed by atoms with Gasteiger partial charge >= 0.3 is 6.03 Å². The average molecular weight is 383 g/mol. The molecule has 1 atom stereocenters. The summed E-state index contributed by atoms with van der Waals surface area (Å²) in [7, 11) is 3.53. The zero-order valence-corrected chi connectivity index (χ0v) is 17.2. The van der Waals surface area contributed by atoms with Crippen molar-refractivity contribution in [3.05, 3.63) is 64.7 Å². The van der Waals surface area contributed by atoms with Crippen LogP contribution in [-0.4, -0.2) is 37.0 Å². The van der Waals surface area contributed by atoms with Crippen LogP contribution in [0.15, 0.2) is 42.5 Å². The van der Waals surface area contributed by atoms with Crippen molar-refractivity contribution in [3.63, 3.8) is 0 Å². The van der Waals surface area contributed by atoms with Gasteiger partial charge in [-0.2, -0.15) is 0 Å². The molecule has 0 radical (unpaired) electrons. The summed E-state index contributed by atoms with van der Waals surface area (Å²) in [6.45, 7) is 6.74. The maximum Gasteiger partial charge on any atom is 0.321 e. The average Bonchev–Trinajstić information content (AvgIpc) is 2.66. The number of hydrogen-bond acceptors (Lipinski definition) is 4. The van der Waals surface area contributed by atoms with Gasteiger partial charge in [-0.3, -0.25) is 15.0 Å². The van der Waals surface area contributed by atoms with E-state index < -0.39 is 12.1 Å². The topological polar surface area (TPSA) is 70.7 Å². The molecule has 28 heavy (non-hydrogen) atoms. The van der Waals surface area contributed by atoms with E-state index >= 15 is 0 Å². The smallest absolute Gasteiger partial charge is 0.321 e. The maximum atomic E-state index is 12.4. The number of rotatable bonds is 7. The lowest BCUT2D eigenvalue weighted by atomic mass is 10.0. The minimum atomic E-state index is -0.495. The van der Waals surface area contributed by atoms with Crippen molar-refractivity contribution in [2.24, 2.45) is 0 Å². The fourth-order valence-electron chi connectivity index (χ4n) is 3.12. The zero-order valence-electron chi connectivity index (χ0n) is 17.2. The number of nitrogens with one attached hydrogen (secondary N) is 2. The number of aryl methyl sites for hydroxylation is 2. The lowest BCUT2D eigenvalue weighted by Crippen LogP contribution is -2.48. The SMILES string of the molecule is COc1c(C)cc(CN(C)C(C)C(=O)NC(=O)NCc2ccccc2)cc1C. The summed E-state index contributed by atoms with van der Waals surface area (Å²) in [5, 5.41) is 5.10. The van der Waals surface area contributed by atoms with Crippen LogP contribution in [0, 0.1) is 13.8 Å². The molecule has 0 aliphatic carbocycles. The van der Waals surface area contributed by atoms with Crippen LogP contribution in [0.5, 0.6) is 5.75 Å². The second kappa shape index (κ2) is 9.90. The molecular weight excluding hydrogens is 354 g/mol. The lowest BCUT2D eigenvalue weighted by Gasteiger charge is -2.24. The number of hydrogen-bond donors (Lipinski definition) is 2. The number of urea groups is 1. The van der Waals surface area contributed by atoms with Gasteiger partial charge < -0.3 is 10.1 Å². The van der Waals surface area contributed by atoms with E-state index in [0.717, 1.165) is 28.0 Å². The van der Waals surface area contributed by atoms with Crippen molar-refractivity contribution < 1.29 is 14.3 Å². The highest BCUT2D eigenvalue weighted by atomic mass is 16.5. The van der Waals surface area contributed by atoms with Gasteiger partial charge in [0, 0.05) is 13.1 Å². The molecule has 6 nitrogen and oxygen atoms in total. The van der Waals surface area contributed by atoms with Gasteiger partial charge in [0.2, 0.25) is 5.91 Å². The highest BCUT2D eigenvalue weighted by Crippen LogP contribution is 2.25. The molecule has 2 rings (SSSR count). The molecule has 3 amide bonds. The molecule has 0 bridgehead atoms. The van der Waals surface area contributed by atoms with Gasteiger partial charge in [-0.1, -0.05) is 42.5 Å². The molecule has 0 spiro atoms. The van der Waals surface area contributed by atoms with E-state index in [2.05, 4.69) is 22.8 Å². The Hall–Kier alpha value is -2.86. The zero-order chi connectivity index (χ0) is 20.7. The fourth-order valence-corrected chi connectivity index (χ4v) is 3.12. The van der Waals surface area contributed by atoms with Crippen LogP contribution in [0.1, 0.15) is 29.2 Å². The molecule has 0 heterocycles. The monoisotopic (exact) mass is 383 g/mol. The highest BCUT2D eigenvalue weighted by molar-refractivity contribution is 5.96. The Labute approximate surface area is 166 Å². The van der Waals surface area contributed by atoms with E-state index in [1.807, 2.05) is 56.1 Å². The second-order valence-corrected chi connectivity index (χ2v) is 7.01. The van der Waals surface area contributed by atoms with Crippen LogP contribution in [0.25, 0.3) is 0 Å². The number of benzene rings is 2. The van der Waals surface area contributed by atoms with Crippen molar-refractivity contribution in [1.29, 1.82) is 0 Å². The quantitative estimate of drug-likeness (QED) is 0.771. The summed E-state index contributed by atoms with van der Waals surface area (Å²) in [6, 6.07) is 12.7. The number of amides is 3. The van der Waals surface area contributed by atoms with Gasteiger partial charge in [0.05, 0.1) is 13.2 Å². The van der Waals surface area contributed by atoms with Crippen LogP contribution in [0.3, 0.4) is 0 Å². The van der Waals surface area contributed by atoms with Crippen molar-refractivity contribution in [1.82, 2.24) is 15.5 Å². The van der Waals surface area contributed by atoms with Crippen molar-refractivity contribution >= 4 is 11.9 Å². The minimum Gasteiger partial charge on any atom is -0.496 e. The Morgan fingerprint density at radius 2 is 1.68 bits per heavy atom. The molecule has 6 heteroatoms. The summed E-state index contributed by atoms with van der Waals surface area (Å²) < 4.78 is 5.40. The first-order chi connectivity index (χ1) is 13.3. The molecule has 0 aliphatic rings. The molecule has 2 aromatic rings. The number of ether oxygens (including phenoxy) is 1. The molecule has 0 aromatic heterocycles. The fraction of sp³-hybridized carbons (Fsp3) is 0.364. The summed E-state index contributed by atoms with van der Waals surface area (Å²) in [6.07, 6.45) is 0. The van der Waals surface area contributed by atoms with Crippen LogP contribution < -0.4 is 15.4 Å². The van der Waals surface area contributed by atoms with Gasteiger partial charge in [-0.05, 0) is 50.1 Å². The summed E-state index contributed by atoms with van der Waals surface area (Å²) >= 11 is 0. The predicted octanol–water partition coefficient (Wildman–Crippen LogP) is 3.16. The number of imide groups is 1. The van der Waals surface area contributed by atoms with Gasteiger partial charge in [0.1, 0.15) is 5.75 Å². The number of carbonyl (C=O) groups is 2. The third-order valence-electron chi connectivity index (χ3n) is 4.73. The molecule has 0 saturated carbocycles. The number of methoxy groups -OCH3 is 1. The molecule has 0 saturated heterocycles. The van der Waals surface area contributed by atoms with Crippen molar-refractivity contribution in [3.8, 4) is 5.75 Å². The molecule has 1 unspecified atom stereocenters. The Morgan fingerprint density at radius 3 is 2.25 bits per heavy atom. The van der Waals surface area contributed by atoms with E-state index in [4.69, 9.17) is 4.74 Å². The Balaban J connectivity index is 1.88.